The summed E-state index contributed by atoms with van der Waals surface area (Å²) in [4.78, 5) is 106. The number of esters is 4. The lowest BCUT2D eigenvalue weighted by Crippen LogP contribution is -2.68. The molecule has 338 valence electrons. The van der Waals surface area contributed by atoms with Crippen LogP contribution in [0, 0.1) is 5.92 Å². The summed E-state index contributed by atoms with van der Waals surface area (Å²) in [6.45, 7) is 8.70. The molecule has 4 rings (SSSR count). The van der Waals surface area contributed by atoms with E-state index in [2.05, 4.69) is 16.0 Å². The van der Waals surface area contributed by atoms with Crippen molar-refractivity contribution in [2.24, 2.45) is 5.92 Å². The van der Waals surface area contributed by atoms with Crippen molar-refractivity contribution in [1.82, 2.24) is 20.9 Å². The lowest BCUT2D eigenvalue weighted by Gasteiger charge is -2.46. The number of ether oxygens (including phenoxy) is 7. The number of carbonyl (C=O) groups excluding carboxylic acids is 8. The molecule has 2 heterocycles. The Morgan fingerprint density at radius 2 is 1.31 bits per heavy atom. The van der Waals surface area contributed by atoms with Gasteiger partial charge in [0.1, 0.15) is 50.1 Å². The zero-order valence-corrected chi connectivity index (χ0v) is 35.9. The molecule has 19 nitrogen and oxygen atoms in total. The molecule has 0 saturated carbocycles. The summed E-state index contributed by atoms with van der Waals surface area (Å²) in [5.41, 5.74) is 1.44. The van der Waals surface area contributed by atoms with Crippen molar-refractivity contribution in [2.45, 2.75) is 129 Å². The standard InChI is InChI=1S/C43H56N4O15/c1-24(2)34(46-43(55)58-22-31-17-12-9-13-18-31)39(52)45-35(40(53)47-20-14-19-32(47)41(54)57-21-30-15-10-8-11-16-30)25(3)59-42-36(44-26(4)48)38(61-29(7)51)37(60-28(6)50)33(62-42)23-56-27(5)49/h8-13,15-18,24-25,32-38,42H,14,19-23H2,1-7H3,(H,44,48)(H,45,52)(H,46,55)/t25-,32+,33-,34+,35+,36-,37+,38-,42+/m1/s1. The molecule has 62 heavy (non-hydrogen) atoms. The van der Waals surface area contributed by atoms with Gasteiger partial charge in [-0.3, -0.25) is 28.8 Å². The van der Waals surface area contributed by atoms with Gasteiger partial charge in [0, 0.05) is 34.2 Å². The second kappa shape index (κ2) is 23.2. The molecule has 2 aliphatic heterocycles. The number of benzene rings is 2. The number of rotatable bonds is 18. The van der Waals surface area contributed by atoms with Crippen LogP contribution >= 0.6 is 0 Å². The number of hydrogen-bond acceptors (Lipinski definition) is 15. The van der Waals surface area contributed by atoms with Crippen LogP contribution in [0.5, 0.6) is 0 Å². The fourth-order valence-corrected chi connectivity index (χ4v) is 7.03. The first-order chi connectivity index (χ1) is 29.4. The molecular weight excluding hydrogens is 812 g/mol. The molecule has 0 bridgehead atoms. The molecular formula is C43H56N4O15. The molecule has 2 aromatic rings. The maximum Gasteiger partial charge on any atom is 0.408 e. The van der Waals surface area contributed by atoms with Gasteiger partial charge in [0.2, 0.25) is 17.7 Å². The van der Waals surface area contributed by atoms with E-state index >= 15 is 0 Å². The van der Waals surface area contributed by atoms with Gasteiger partial charge in [0.05, 0.1) is 6.10 Å². The molecule has 0 unspecified atom stereocenters. The van der Waals surface area contributed by atoms with Gasteiger partial charge >= 0.3 is 30.0 Å². The molecule has 0 aromatic heterocycles. The van der Waals surface area contributed by atoms with Gasteiger partial charge < -0.3 is 54.0 Å². The minimum absolute atomic E-state index is 0.0457. The molecule has 0 spiro atoms. The van der Waals surface area contributed by atoms with Gasteiger partial charge in [0.15, 0.2) is 18.5 Å². The predicted octanol–water partition coefficient (Wildman–Crippen LogP) is 2.22. The van der Waals surface area contributed by atoms with Gasteiger partial charge in [-0.2, -0.15) is 0 Å². The fourth-order valence-electron chi connectivity index (χ4n) is 7.03. The first kappa shape index (κ1) is 48.6. The van der Waals surface area contributed by atoms with Crippen molar-refractivity contribution < 1.29 is 71.5 Å². The third-order valence-corrected chi connectivity index (χ3v) is 9.92. The molecule has 2 fully saturated rings. The summed E-state index contributed by atoms with van der Waals surface area (Å²) in [6, 6.07) is 12.6. The Bertz CT molecular complexity index is 1880. The van der Waals surface area contributed by atoms with E-state index in [1.54, 1.807) is 62.4 Å². The maximum atomic E-state index is 14.7. The third-order valence-electron chi connectivity index (χ3n) is 9.92. The first-order valence-electron chi connectivity index (χ1n) is 20.3. The highest BCUT2D eigenvalue weighted by molar-refractivity contribution is 5.94. The monoisotopic (exact) mass is 868 g/mol. The van der Waals surface area contributed by atoms with Crippen molar-refractivity contribution in [3.05, 3.63) is 71.8 Å². The van der Waals surface area contributed by atoms with Gasteiger partial charge in [-0.15, -0.1) is 0 Å². The average Bonchev–Trinajstić information content (AvgIpc) is 3.72. The topological polar surface area (TPSA) is 240 Å². The Balaban J connectivity index is 1.67. The van der Waals surface area contributed by atoms with E-state index in [9.17, 15) is 38.4 Å². The first-order valence-corrected chi connectivity index (χ1v) is 20.3. The highest BCUT2D eigenvalue weighted by atomic mass is 16.7. The summed E-state index contributed by atoms with van der Waals surface area (Å²) in [5, 5.41) is 7.87. The molecule has 0 aliphatic carbocycles. The molecule has 4 amide bonds. The van der Waals surface area contributed by atoms with E-state index in [0.29, 0.717) is 12.0 Å². The van der Waals surface area contributed by atoms with Crippen LogP contribution in [0.2, 0.25) is 0 Å². The number of carbonyl (C=O) groups is 8. The predicted molar refractivity (Wildman–Crippen MR) is 216 cm³/mol. The van der Waals surface area contributed by atoms with Gasteiger partial charge in [0.25, 0.3) is 0 Å². The normalized spacial score (nSPS) is 22.2. The molecule has 2 saturated heterocycles. The Labute approximate surface area is 359 Å². The minimum atomic E-state index is -1.62. The maximum absolute atomic E-state index is 14.7. The van der Waals surface area contributed by atoms with Crippen LogP contribution in [0.3, 0.4) is 0 Å². The van der Waals surface area contributed by atoms with E-state index in [0.717, 1.165) is 33.3 Å². The van der Waals surface area contributed by atoms with Crippen molar-refractivity contribution in [3.8, 4) is 0 Å². The van der Waals surface area contributed by atoms with E-state index in [1.807, 2.05) is 12.1 Å². The number of nitrogens with one attached hydrogen (secondary N) is 3. The van der Waals surface area contributed by atoms with Gasteiger partial charge in [-0.05, 0) is 36.8 Å². The number of nitrogens with zero attached hydrogens (tertiary/aromatic N) is 1. The van der Waals surface area contributed by atoms with E-state index in [4.69, 9.17) is 33.2 Å². The van der Waals surface area contributed by atoms with E-state index in [-0.39, 0.29) is 26.2 Å². The zero-order chi connectivity index (χ0) is 45.5. The molecule has 9 atom stereocenters. The molecule has 19 heteroatoms. The van der Waals surface area contributed by atoms with Crippen molar-refractivity contribution in [2.75, 3.05) is 13.2 Å². The largest absolute Gasteiger partial charge is 0.463 e. The Morgan fingerprint density at radius 1 is 0.726 bits per heavy atom. The van der Waals surface area contributed by atoms with Crippen LogP contribution in [-0.4, -0.2) is 121 Å². The number of likely N-dealkylation sites (tertiary alicyclic amines) is 1. The highest BCUT2D eigenvalue weighted by Gasteiger charge is 2.53. The number of hydrogen-bond donors (Lipinski definition) is 3. The Hall–Kier alpha value is -6.08. The van der Waals surface area contributed by atoms with Crippen LogP contribution in [0.15, 0.2) is 60.7 Å². The molecule has 0 radical (unpaired) electrons. The summed E-state index contributed by atoms with van der Waals surface area (Å²) >= 11 is 0. The number of alkyl carbamates (subject to hydrolysis) is 1. The SMILES string of the molecule is CC(=O)N[C@H]1[C@@H](O[C@H](C)[C@H](NC(=O)[C@@H](NC(=O)OCc2ccccc2)C(C)C)C(=O)N2CCC[C@H]2C(=O)OCc2ccccc2)O[C@H](COC(C)=O)[C@H](OC(C)=O)[C@@H]1OC(C)=O. The van der Waals surface area contributed by atoms with Crippen molar-refractivity contribution >= 4 is 47.7 Å². The zero-order valence-electron chi connectivity index (χ0n) is 35.9. The smallest absolute Gasteiger partial charge is 0.408 e. The lowest BCUT2D eigenvalue weighted by atomic mass is 9.95. The Morgan fingerprint density at radius 3 is 1.85 bits per heavy atom. The van der Waals surface area contributed by atoms with E-state index < -0.39 is 115 Å². The van der Waals surface area contributed by atoms with Crippen LogP contribution in [0.25, 0.3) is 0 Å². The third kappa shape index (κ3) is 14.3. The van der Waals surface area contributed by atoms with Crippen molar-refractivity contribution in [3.63, 3.8) is 0 Å². The number of amides is 4. The average molecular weight is 869 g/mol. The highest BCUT2D eigenvalue weighted by Crippen LogP contribution is 2.30. The summed E-state index contributed by atoms with van der Waals surface area (Å²) in [5.74, 6) is -5.78. The van der Waals surface area contributed by atoms with Crippen LogP contribution in [0.4, 0.5) is 4.79 Å². The Kier molecular flexibility index (Phi) is 18.2. The molecule has 2 aromatic carbocycles. The van der Waals surface area contributed by atoms with Gasteiger partial charge in [-0.25, -0.2) is 9.59 Å². The molecule has 2 aliphatic rings. The minimum Gasteiger partial charge on any atom is -0.463 e. The van der Waals surface area contributed by atoms with E-state index in [1.165, 1.54) is 11.8 Å². The summed E-state index contributed by atoms with van der Waals surface area (Å²) in [7, 11) is 0. The van der Waals surface area contributed by atoms with Gasteiger partial charge in [-0.1, -0.05) is 74.5 Å². The summed E-state index contributed by atoms with van der Waals surface area (Å²) in [6.07, 6.45) is -7.44. The lowest BCUT2D eigenvalue weighted by molar-refractivity contribution is -0.287. The fraction of sp³-hybridized carbons (Fsp3) is 0.535. The van der Waals surface area contributed by atoms with Crippen molar-refractivity contribution in [1.29, 1.82) is 0 Å². The van der Waals surface area contributed by atoms with Crippen LogP contribution in [-0.2, 0) is 79.9 Å². The second-order valence-electron chi connectivity index (χ2n) is 15.3. The molecule has 3 N–H and O–H groups in total. The van der Waals surface area contributed by atoms with Crippen LogP contribution in [0.1, 0.15) is 72.4 Å². The van der Waals surface area contributed by atoms with Crippen LogP contribution < -0.4 is 16.0 Å². The quantitative estimate of drug-likeness (QED) is 0.144. The second-order valence-corrected chi connectivity index (χ2v) is 15.3. The summed E-state index contributed by atoms with van der Waals surface area (Å²) < 4.78 is 39.7.